The van der Waals surface area contributed by atoms with Crippen LogP contribution in [0.1, 0.15) is 17.2 Å². The molecule has 1 aromatic carbocycles. The van der Waals surface area contributed by atoms with E-state index in [9.17, 15) is 8.78 Å². The summed E-state index contributed by atoms with van der Waals surface area (Å²) in [6, 6.07) is 1.43. The maximum absolute atomic E-state index is 13.9. The maximum Gasteiger partial charge on any atom is 0.146 e. The van der Waals surface area contributed by atoms with Gasteiger partial charge in [0.25, 0.3) is 0 Å². The second kappa shape index (κ2) is 4.77. The van der Waals surface area contributed by atoms with Crippen LogP contribution in [0.3, 0.4) is 0 Å². The molecule has 2 nitrogen and oxygen atoms in total. The summed E-state index contributed by atoms with van der Waals surface area (Å²) in [6.45, 7) is 3.23. The van der Waals surface area contributed by atoms with E-state index in [4.69, 9.17) is 4.74 Å². The molecule has 0 saturated carbocycles. The van der Waals surface area contributed by atoms with Crippen molar-refractivity contribution in [1.29, 1.82) is 0 Å². The molecule has 1 aliphatic rings. The van der Waals surface area contributed by atoms with Crippen molar-refractivity contribution in [2.75, 3.05) is 19.7 Å². The van der Waals surface area contributed by atoms with Gasteiger partial charge in [-0.25, -0.2) is 8.78 Å². The van der Waals surface area contributed by atoms with Crippen LogP contribution in [0.25, 0.3) is 0 Å². The third-order valence-corrected chi connectivity index (χ3v) is 3.20. The SMILES string of the molecule is Cc1cc(Br)c(F)c(C2CNCCO2)c1F. The fourth-order valence-corrected chi connectivity index (χ4v) is 2.34. The molecule has 0 aliphatic carbocycles. The first-order valence-electron chi connectivity index (χ1n) is 5.07. The Bertz CT molecular complexity index is 379. The number of rotatable bonds is 1. The van der Waals surface area contributed by atoms with Crippen LogP contribution < -0.4 is 5.32 Å². The van der Waals surface area contributed by atoms with Crippen molar-refractivity contribution >= 4 is 15.9 Å². The zero-order chi connectivity index (χ0) is 11.7. The van der Waals surface area contributed by atoms with Crippen LogP contribution in [0, 0.1) is 18.6 Å². The zero-order valence-electron chi connectivity index (χ0n) is 8.82. The third kappa shape index (κ3) is 2.12. The molecular formula is C11H12BrF2NO. The summed E-state index contributed by atoms with van der Waals surface area (Å²) in [7, 11) is 0. The highest BCUT2D eigenvalue weighted by Gasteiger charge is 2.25. The summed E-state index contributed by atoms with van der Waals surface area (Å²) in [5, 5.41) is 3.05. The molecule has 1 aromatic rings. The standard InChI is InChI=1S/C11H12BrF2NO/c1-6-4-7(12)11(14)9(10(6)13)8-5-15-2-3-16-8/h4,8,15H,2-3,5H2,1H3. The van der Waals surface area contributed by atoms with Crippen LogP contribution in [0.2, 0.25) is 0 Å². The van der Waals surface area contributed by atoms with Gasteiger partial charge >= 0.3 is 0 Å². The average molecular weight is 292 g/mol. The van der Waals surface area contributed by atoms with Gasteiger partial charge in [0.1, 0.15) is 17.7 Å². The van der Waals surface area contributed by atoms with Gasteiger partial charge in [0.05, 0.1) is 16.6 Å². The van der Waals surface area contributed by atoms with Crippen molar-refractivity contribution in [3.63, 3.8) is 0 Å². The molecule has 1 fully saturated rings. The van der Waals surface area contributed by atoms with Crippen molar-refractivity contribution in [3.8, 4) is 0 Å². The van der Waals surface area contributed by atoms with Crippen LogP contribution in [-0.4, -0.2) is 19.7 Å². The molecule has 1 saturated heterocycles. The lowest BCUT2D eigenvalue weighted by molar-refractivity contribution is 0.0230. The maximum atomic E-state index is 13.9. The van der Waals surface area contributed by atoms with Crippen LogP contribution in [0.5, 0.6) is 0 Å². The van der Waals surface area contributed by atoms with Gasteiger partial charge in [0, 0.05) is 13.1 Å². The van der Waals surface area contributed by atoms with E-state index in [-0.39, 0.29) is 10.0 Å². The van der Waals surface area contributed by atoms with Gasteiger partial charge in [-0.3, -0.25) is 0 Å². The van der Waals surface area contributed by atoms with E-state index in [1.54, 1.807) is 6.92 Å². The molecule has 0 amide bonds. The summed E-state index contributed by atoms with van der Waals surface area (Å²) < 4.78 is 33.3. The Labute approximate surface area is 101 Å². The zero-order valence-corrected chi connectivity index (χ0v) is 10.4. The van der Waals surface area contributed by atoms with E-state index in [1.165, 1.54) is 6.07 Å². The number of ether oxygens (including phenoxy) is 1. The minimum absolute atomic E-state index is 0.0130. The van der Waals surface area contributed by atoms with Gasteiger partial charge in [-0.1, -0.05) is 0 Å². The first kappa shape index (κ1) is 12.0. The van der Waals surface area contributed by atoms with E-state index >= 15 is 0 Å². The Morgan fingerprint density at radius 1 is 1.44 bits per heavy atom. The Morgan fingerprint density at radius 2 is 2.19 bits per heavy atom. The summed E-state index contributed by atoms with van der Waals surface area (Å²) in [6.07, 6.45) is -0.551. The minimum Gasteiger partial charge on any atom is -0.371 e. The molecule has 1 N–H and O–H groups in total. The molecule has 88 valence electrons. The number of nitrogens with one attached hydrogen (secondary N) is 1. The van der Waals surface area contributed by atoms with E-state index in [0.29, 0.717) is 25.3 Å². The van der Waals surface area contributed by atoms with Gasteiger partial charge in [0.15, 0.2) is 0 Å². The number of aryl methyl sites for hydroxylation is 1. The largest absolute Gasteiger partial charge is 0.371 e. The molecule has 0 spiro atoms. The average Bonchev–Trinajstić information content (AvgIpc) is 2.28. The van der Waals surface area contributed by atoms with E-state index < -0.39 is 17.7 Å². The van der Waals surface area contributed by atoms with Crippen LogP contribution in [-0.2, 0) is 4.74 Å². The molecule has 1 heterocycles. The highest BCUT2D eigenvalue weighted by atomic mass is 79.9. The molecule has 0 aromatic heterocycles. The molecule has 0 radical (unpaired) electrons. The summed E-state index contributed by atoms with van der Waals surface area (Å²) in [5.41, 5.74) is 0.427. The number of benzene rings is 1. The van der Waals surface area contributed by atoms with Gasteiger partial charge in [-0.15, -0.1) is 0 Å². The normalized spacial score (nSPS) is 21.1. The van der Waals surface area contributed by atoms with Gasteiger partial charge < -0.3 is 10.1 Å². The molecule has 2 rings (SSSR count). The number of morpholine rings is 1. The van der Waals surface area contributed by atoms with Crippen molar-refractivity contribution in [2.45, 2.75) is 13.0 Å². The first-order chi connectivity index (χ1) is 7.61. The summed E-state index contributed by atoms with van der Waals surface area (Å²) >= 11 is 3.08. The van der Waals surface area contributed by atoms with Crippen molar-refractivity contribution in [3.05, 3.63) is 33.3 Å². The Hall–Kier alpha value is -0.520. The van der Waals surface area contributed by atoms with Crippen LogP contribution in [0.15, 0.2) is 10.5 Å². The highest BCUT2D eigenvalue weighted by molar-refractivity contribution is 9.10. The number of hydrogen-bond donors (Lipinski definition) is 1. The fourth-order valence-electron chi connectivity index (χ4n) is 1.79. The Kier molecular flexibility index (Phi) is 3.56. The smallest absolute Gasteiger partial charge is 0.146 e. The minimum atomic E-state index is -0.572. The Balaban J connectivity index is 2.45. The van der Waals surface area contributed by atoms with Crippen molar-refractivity contribution < 1.29 is 13.5 Å². The molecular weight excluding hydrogens is 280 g/mol. The van der Waals surface area contributed by atoms with E-state index in [1.807, 2.05) is 0 Å². The van der Waals surface area contributed by atoms with Gasteiger partial charge in [0.2, 0.25) is 0 Å². The molecule has 1 unspecified atom stereocenters. The van der Waals surface area contributed by atoms with Crippen LogP contribution in [0.4, 0.5) is 8.78 Å². The summed E-state index contributed by atoms with van der Waals surface area (Å²) in [5.74, 6) is -1.09. The molecule has 16 heavy (non-hydrogen) atoms. The van der Waals surface area contributed by atoms with Crippen molar-refractivity contribution in [1.82, 2.24) is 5.32 Å². The van der Waals surface area contributed by atoms with E-state index in [2.05, 4.69) is 21.2 Å². The fraction of sp³-hybridized carbons (Fsp3) is 0.455. The predicted molar refractivity (Wildman–Crippen MR) is 60.4 cm³/mol. The lowest BCUT2D eigenvalue weighted by Crippen LogP contribution is -2.34. The second-order valence-electron chi connectivity index (χ2n) is 3.78. The molecule has 5 heteroatoms. The van der Waals surface area contributed by atoms with Crippen molar-refractivity contribution in [2.24, 2.45) is 0 Å². The molecule has 1 atom stereocenters. The second-order valence-corrected chi connectivity index (χ2v) is 4.63. The highest BCUT2D eigenvalue weighted by Crippen LogP contribution is 2.31. The molecule has 0 bridgehead atoms. The van der Waals surface area contributed by atoms with Crippen LogP contribution >= 0.6 is 15.9 Å². The lowest BCUT2D eigenvalue weighted by Gasteiger charge is -2.25. The third-order valence-electron chi connectivity index (χ3n) is 2.62. The Morgan fingerprint density at radius 3 is 2.81 bits per heavy atom. The van der Waals surface area contributed by atoms with Gasteiger partial charge in [-0.2, -0.15) is 0 Å². The lowest BCUT2D eigenvalue weighted by atomic mass is 10.0. The number of halogens is 3. The molecule has 1 aliphatic heterocycles. The van der Waals surface area contributed by atoms with E-state index in [0.717, 1.165) is 0 Å². The predicted octanol–water partition coefficient (Wildman–Crippen LogP) is 2.70. The van der Waals surface area contributed by atoms with Gasteiger partial charge in [-0.05, 0) is 34.5 Å². The monoisotopic (exact) mass is 291 g/mol. The first-order valence-corrected chi connectivity index (χ1v) is 5.87. The number of hydrogen-bond acceptors (Lipinski definition) is 2. The quantitative estimate of drug-likeness (QED) is 0.804. The summed E-state index contributed by atoms with van der Waals surface area (Å²) in [4.78, 5) is 0. The topological polar surface area (TPSA) is 21.3 Å².